The van der Waals surface area contributed by atoms with Crippen LogP contribution >= 0.6 is 11.8 Å². The van der Waals surface area contributed by atoms with Crippen LogP contribution in [0, 0.1) is 0 Å². The molecule has 1 heterocycles. The third-order valence-corrected chi connectivity index (χ3v) is 4.89. The van der Waals surface area contributed by atoms with Gasteiger partial charge in [-0.2, -0.15) is 11.8 Å². The lowest BCUT2D eigenvalue weighted by Gasteiger charge is -2.22. The first-order valence-electron chi connectivity index (χ1n) is 6.18. The molecule has 0 atom stereocenters. The molecule has 3 rings (SSSR count). The van der Waals surface area contributed by atoms with E-state index in [9.17, 15) is 5.11 Å². The highest BCUT2D eigenvalue weighted by Crippen LogP contribution is 2.46. The standard InChI is InChI=1S/C14H18OS/c15-14(6-7-14)13-3-1-2-12(10-13)11-4-8-16-9-5-11/h1-3,10-11,15H,4-9H2. The zero-order valence-electron chi connectivity index (χ0n) is 9.48. The second-order valence-corrected chi connectivity index (χ2v) is 6.27. The van der Waals surface area contributed by atoms with E-state index < -0.39 is 5.60 Å². The lowest BCUT2D eigenvalue weighted by Crippen LogP contribution is -2.10. The van der Waals surface area contributed by atoms with Gasteiger partial charge >= 0.3 is 0 Å². The van der Waals surface area contributed by atoms with E-state index in [0.717, 1.165) is 24.3 Å². The van der Waals surface area contributed by atoms with Crippen molar-refractivity contribution in [3.8, 4) is 0 Å². The van der Waals surface area contributed by atoms with Gasteiger partial charge in [-0.3, -0.25) is 0 Å². The molecule has 1 aliphatic heterocycles. The van der Waals surface area contributed by atoms with E-state index in [1.54, 1.807) is 0 Å². The van der Waals surface area contributed by atoms with E-state index in [1.807, 2.05) is 0 Å². The van der Waals surface area contributed by atoms with Crippen LogP contribution < -0.4 is 0 Å². The molecule has 1 N–H and O–H groups in total. The molecule has 1 aromatic rings. The molecule has 86 valence electrons. The predicted octanol–water partition coefficient (Wildman–Crippen LogP) is 3.28. The minimum Gasteiger partial charge on any atom is -0.385 e. The van der Waals surface area contributed by atoms with Crippen molar-refractivity contribution in [1.82, 2.24) is 0 Å². The van der Waals surface area contributed by atoms with Crippen LogP contribution in [0.4, 0.5) is 0 Å². The van der Waals surface area contributed by atoms with Gasteiger partial charge in [0.25, 0.3) is 0 Å². The highest BCUT2D eigenvalue weighted by atomic mass is 32.2. The van der Waals surface area contributed by atoms with Crippen molar-refractivity contribution in [2.75, 3.05) is 11.5 Å². The topological polar surface area (TPSA) is 20.2 Å². The number of hydrogen-bond acceptors (Lipinski definition) is 2. The second kappa shape index (κ2) is 4.08. The summed E-state index contributed by atoms with van der Waals surface area (Å²) in [5, 5.41) is 10.1. The van der Waals surface area contributed by atoms with E-state index in [0.29, 0.717) is 0 Å². The Morgan fingerprint density at radius 3 is 2.62 bits per heavy atom. The number of benzene rings is 1. The maximum Gasteiger partial charge on any atom is 0.0899 e. The molecule has 0 unspecified atom stereocenters. The van der Waals surface area contributed by atoms with Crippen LogP contribution in [0.2, 0.25) is 0 Å². The van der Waals surface area contributed by atoms with Crippen LogP contribution in [0.15, 0.2) is 24.3 Å². The summed E-state index contributed by atoms with van der Waals surface area (Å²) in [7, 11) is 0. The fourth-order valence-electron chi connectivity index (χ4n) is 2.52. The Hall–Kier alpha value is -0.470. The summed E-state index contributed by atoms with van der Waals surface area (Å²) in [5.74, 6) is 3.31. The van der Waals surface area contributed by atoms with Crippen LogP contribution in [0.3, 0.4) is 0 Å². The van der Waals surface area contributed by atoms with E-state index in [4.69, 9.17) is 0 Å². The fraction of sp³-hybridized carbons (Fsp3) is 0.571. The Balaban J connectivity index is 1.84. The third-order valence-electron chi connectivity index (χ3n) is 3.84. The largest absolute Gasteiger partial charge is 0.385 e. The highest BCUT2D eigenvalue weighted by molar-refractivity contribution is 7.99. The molecular formula is C14H18OS. The molecule has 2 heteroatoms. The van der Waals surface area contributed by atoms with E-state index in [-0.39, 0.29) is 0 Å². The average Bonchev–Trinajstić information content (AvgIpc) is 3.10. The molecule has 2 fully saturated rings. The molecule has 0 radical (unpaired) electrons. The van der Waals surface area contributed by atoms with Gasteiger partial charge in [0.15, 0.2) is 0 Å². The summed E-state index contributed by atoms with van der Waals surface area (Å²) in [6.07, 6.45) is 4.48. The number of rotatable bonds is 2. The molecule has 1 aliphatic carbocycles. The number of aliphatic hydroxyl groups is 1. The van der Waals surface area contributed by atoms with Crippen molar-refractivity contribution >= 4 is 11.8 Å². The molecule has 16 heavy (non-hydrogen) atoms. The minimum absolute atomic E-state index is 0.473. The average molecular weight is 234 g/mol. The quantitative estimate of drug-likeness (QED) is 0.847. The van der Waals surface area contributed by atoms with E-state index in [2.05, 4.69) is 36.0 Å². The molecule has 0 spiro atoms. The van der Waals surface area contributed by atoms with Gasteiger partial charge in [-0.05, 0) is 54.2 Å². The Morgan fingerprint density at radius 1 is 1.19 bits per heavy atom. The Kier molecular flexibility index (Phi) is 2.72. The van der Waals surface area contributed by atoms with Crippen molar-refractivity contribution in [3.05, 3.63) is 35.4 Å². The normalized spacial score (nSPS) is 24.3. The second-order valence-electron chi connectivity index (χ2n) is 5.04. The smallest absolute Gasteiger partial charge is 0.0899 e. The number of thioether (sulfide) groups is 1. The lowest BCUT2D eigenvalue weighted by molar-refractivity contribution is 0.151. The Bertz CT molecular complexity index is 378. The summed E-state index contributed by atoms with van der Waals surface area (Å²) in [5.41, 5.74) is 2.11. The van der Waals surface area contributed by atoms with Crippen molar-refractivity contribution in [2.24, 2.45) is 0 Å². The van der Waals surface area contributed by atoms with Crippen LogP contribution in [-0.2, 0) is 5.60 Å². The van der Waals surface area contributed by atoms with Gasteiger partial charge < -0.3 is 5.11 Å². The van der Waals surface area contributed by atoms with Gasteiger partial charge in [-0.1, -0.05) is 24.3 Å². The molecule has 1 saturated carbocycles. The predicted molar refractivity (Wildman–Crippen MR) is 68.9 cm³/mol. The van der Waals surface area contributed by atoms with Crippen LogP contribution in [0.1, 0.15) is 42.7 Å². The van der Waals surface area contributed by atoms with Crippen molar-refractivity contribution in [3.63, 3.8) is 0 Å². The Morgan fingerprint density at radius 2 is 1.94 bits per heavy atom. The van der Waals surface area contributed by atoms with Gasteiger partial charge in [-0.15, -0.1) is 0 Å². The molecular weight excluding hydrogens is 216 g/mol. The zero-order chi connectivity index (χ0) is 11.0. The molecule has 2 aliphatic rings. The lowest BCUT2D eigenvalue weighted by atomic mass is 9.91. The molecule has 0 aromatic heterocycles. The van der Waals surface area contributed by atoms with Crippen molar-refractivity contribution in [2.45, 2.75) is 37.2 Å². The molecule has 1 aromatic carbocycles. The fourth-order valence-corrected chi connectivity index (χ4v) is 3.63. The maximum absolute atomic E-state index is 10.1. The first-order chi connectivity index (χ1) is 7.78. The monoisotopic (exact) mass is 234 g/mol. The first kappa shape index (κ1) is 10.7. The van der Waals surface area contributed by atoms with Gasteiger partial charge in [0.1, 0.15) is 0 Å². The van der Waals surface area contributed by atoms with Gasteiger partial charge in [0.05, 0.1) is 5.60 Å². The summed E-state index contributed by atoms with van der Waals surface area (Å²) in [4.78, 5) is 0. The Labute approximate surface area is 101 Å². The van der Waals surface area contributed by atoms with Gasteiger partial charge in [0, 0.05) is 0 Å². The highest BCUT2D eigenvalue weighted by Gasteiger charge is 2.42. The van der Waals surface area contributed by atoms with Crippen LogP contribution in [0.5, 0.6) is 0 Å². The summed E-state index contributed by atoms with van der Waals surface area (Å²) in [6, 6.07) is 8.67. The first-order valence-corrected chi connectivity index (χ1v) is 7.34. The zero-order valence-corrected chi connectivity index (χ0v) is 10.3. The van der Waals surface area contributed by atoms with Gasteiger partial charge in [0.2, 0.25) is 0 Å². The van der Waals surface area contributed by atoms with Crippen LogP contribution in [-0.4, -0.2) is 16.6 Å². The molecule has 0 amide bonds. The van der Waals surface area contributed by atoms with E-state index >= 15 is 0 Å². The molecule has 1 saturated heterocycles. The summed E-state index contributed by atoms with van der Waals surface area (Å²) >= 11 is 2.07. The van der Waals surface area contributed by atoms with E-state index in [1.165, 1.54) is 29.9 Å². The molecule has 0 bridgehead atoms. The van der Waals surface area contributed by atoms with Gasteiger partial charge in [-0.25, -0.2) is 0 Å². The maximum atomic E-state index is 10.1. The molecule has 1 nitrogen and oxygen atoms in total. The summed E-state index contributed by atoms with van der Waals surface area (Å²) < 4.78 is 0. The van der Waals surface area contributed by atoms with Crippen molar-refractivity contribution in [1.29, 1.82) is 0 Å². The van der Waals surface area contributed by atoms with Crippen LogP contribution in [0.25, 0.3) is 0 Å². The SMILES string of the molecule is OC1(c2cccc(C3CCSCC3)c2)CC1. The number of hydrogen-bond donors (Lipinski definition) is 1. The van der Waals surface area contributed by atoms with Crippen molar-refractivity contribution < 1.29 is 5.11 Å². The third kappa shape index (κ3) is 2.01. The summed E-state index contributed by atoms with van der Waals surface area (Å²) in [6.45, 7) is 0. The minimum atomic E-state index is -0.473.